The molecule has 0 aromatic heterocycles. The molecule has 0 bridgehead atoms. The normalized spacial score (nSPS) is 16.6. The van der Waals surface area contributed by atoms with Crippen LogP contribution < -0.4 is 10.2 Å². The topological polar surface area (TPSA) is 124 Å². The van der Waals surface area contributed by atoms with Crippen LogP contribution in [0.1, 0.15) is 42.5 Å². The highest BCUT2D eigenvalue weighted by Gasteiger charge is 2.47. The van der Waals surface area contributed by atoms with Crippen molar-refractivity contribution >= 4 is 63.9 Å². The molecule has 1 atom stereocenters. The van der Waals surface area contributed by atoms with Crippen molar-refractivity contribution in [2.75, 3.05) is 10.2 Å². The lowest BCUT2D eigenvalue weighted by molar-refractivity contribution is -0.132. The monoisotopic (exact) mass is 578 g/mol. The van der Waals surface area contributed by atoms with E-state index >= 15 is 0 Å². The van der Waals surface area contributed by atoms with Gasteiger partial charge in [-0.15, -0.1) is 0 Å². The number of rotatable bonds is 7. The molecule has 204 valence electrons. The molecule has 1 saturated heterocycles. The van der Waals surface area contributed by atoms with Gasteiger partial charge in [-0.3, -0.25) is 19.3 Å². The first kappa shape index (κ1) is 28.6. The van der Waals surface area contributed by atoms with Crippen LogP contribution in [0.3, 0.4) is 0 Å². The first-order valence-electron chi connectivity index (χ1n) is 12.2. The SMILES string of the molecule is CC(C)c1cccc(N2C(=O)C(=O)C(=C(O)c3cccc(NC(=O)C=CC(=O)O)c3)C2c2ccc(Cl)c(Cl)c2)c1. The number of aliphatic hydroxyl groups excluding tert-OH is 1. The Hall–Kier alpha value is -4.40. The van der Waals surface area contributed by atoms with Crippen molar-refractivity contribution < 1.29 is 29.4 Å². The largest absolute Gasteiger partial charge is 0.507 e. The number of carbonyl (C=O) groups excluding carboxylic acids is 3. The summed E-state index contributed by atoms with van der Waals surface area (Å²) in [6, 6.07) is 16.9. The zero-order chi connectivity index (χ0) is 29.1. The summed E-state index contributed by atoms with van der Waals surface area (Å²) < 4.78 is 0. The number of benzene rings is 3. The maximum Gasteiger partial charge on any atom is 0.328 e. The highest BCUT2D eigenvalue weighted by Crippen LogP contribution is 2.44. The van der Waals surface area contributed by atoms with Gasteiger partial charge in [-0.1, -0.05) is 67.4 Å². The molecular formula is C30H24Cl2N2O6. The average molecular weight is 579 g/mol. The van der Waals surface area contributed by atoms with Crippen molar-refractivity contribution in [1.29, 1.82) is 0 Å². The Morgan fingerprint density at radius 3 is 2.33 bits per heavy atom. The Morgan fingerprint density at radius 1 is 0.925 bits per heavy atom. The Bertz CT molecular complexity index is 1590. The lowest BCUT2D eigenvalue weighted by Gasteiger charge is -2.26. The van der Waals surface area contributed by atoms with Gasteiger partial charge in [-0.25, -0.2) is 4.79 Å². The molecule has 2 amide bonds. The minimum atomic E-state index is -1.28. The molecule has 40 heavy (non-hydrogen) atoms. The fourth-order valence-electron chi connectivity index (χ4n) is 4.36. The lowest BCUT2D eigenvalue weighted by Crippen LogP contribution is -2.29. The van der Waals surface area contributed by atoms with E-state index in [1.54, 1.807) is 30.3 Å². The second-order valence-electron chi connectivity index (χ2n) is 9.33. The standard InChI is InChI=1S/C30H24Cl2N2O6/c1-16(2)17-5-4-8-21(14-17)34-27(18-9-10-22(31)23(32)15-18)26(29(39)30(34)40)28(38)19-6-3-7-20(13-19)33-24(35)11-12-25(36)37/h3-16,27,38H,1-2H3,(H,33,35)(H,36,37). The molecule has 0 aliphatic carbocycles. The van der Waals surface area contributed by atoms with E-state index in [-0.39, 0.29) is 32.8 Å². The number of aliphatic hydroxyl groups is 1. The van der Waals surface area contributed by atoms with Gasteiger partial charge in [0.15, 0.2) is 0 Å². The molecule has 3 aromatic rings. The van der Waals surface area contributed by atoms with E-state index < -0.39 is 35.4 Å². The predicted molar refractivity (Wildman–Crippen MR) is 154 cm³/mol. The summed E-state index contributed by atoms with van der Waals surface area (Å²) in [6.07, 6.45) is 1.53. The van der Waals surface area contributed by atoms with Crippen LogP contribution >= 0.6 is 23.2 Å². The number of aliphatic carboxylic acids is 1. The van der Waals surface area contributed by atoms with E-state index in [0.29, 0.717) is 17.3 Å². The number of nitrogens with one attached hydrogen (secondary N) is 1. The van der Waals surface area contributed by atoms with Crippen LogP contribution in [0.5, 0.6) is 0 Å². The van der Waals surface area contributed by atoms with Gasteiger partial charge in [0.05, 0.1) is 21.7 Å². The zero-order valence-electron chi connectivity index (χ0n) is 21.4. The van der Waals surface area contributed by atoms with Crippen molar-refractivity contribution in [1.82, 2.24) is 0 Å². The summed E-state index contributed by atoms with van der Waals surface area (Å²) in [4.78, 5) is 51.0. The third-order valence-corrected chi connectivity index (χ3v) is 7.04. The predicted octanol–water partition coefficient (Wildman–Crippen LogP) is 6.32. The van der Waals surface area contributed by atoms with Gasteiger partial charge in [0, 0.05) is 29.1 Å². The summed E-state index contributed by atoms with van der Waals surface area (Å²) in [5.41, 5.74) is 2.08. The van der Waals surface area contributed by atoms with Gasteiger partial charge in [-0.2, -0.15) is 0 Å². The van der Waals surface area contributed by atoms with E-state index in [0.717, 1.165) is 11.6 Å². The number of carbonyl (C=O) groups is 4. The van der Waals surface area contributed by atoms with E-state index in [2.05, 4.69) is 5.32 Å². The summed E-state index contributed by atoms with van der Waals surface area (Å²) in [7, 11) is 0. The second-order valence-corrected chi connectivity index (χ2v) is 10.1. The highest BCUT2D eigenvalue weighted by atomic mass is 35.5. The van der Waals surface area contributed by atoms with Crippen molar-refractivity contribution in [3.63, 3.8) is 0 Å². The maximum atomic E-state index is 13.5. The number of carboxylic acid groups (broad SMARTS) is 1. The molecule has 3 aromatic carbocycles. The number of hydrogen-bond acceptors (Lipinski definition) is 5. The molecule has 8 nitrogen and oxygen atoms in total. The molecular weight excluding hydrogens is 555 g/mol. The van der Waals surface area contributed by atoms with Gasteiger partial charge in [0.25, 0.3) is 11.7 Å². The Kier molecular flexibility index (Phi) is 8.42. The fourth-order valence-corrected chi connectivity index (χ4v) is 4.67. The van der Waals surface area contributed by atoms with Gasteiger partial charge in [0.1, 0.15) is 5.76 Å². The molecule has 4 rings (SSSR count). The minimum Gasteiger partial charge on any atom is -0.507 e. The number of nitrogens with zero attached hydrogens (tertiary/aromatic N) is 1. The average Bonchev–Trinajstić information content (AvgIpc) is 3.19. The van der Waals surface area contributed by atoms with Crippen LogP contribution in [0, 0.1) is 0 Å². The number of halogens is 2. The van der Waals surface area contributed by atoms with Crippen LogP contribution in [0.25, 0.3) is 5.76 Å². The van der Waals surface area contributed by atoms with Crippen molar-refractivity contribution in [3.8, 4) is 0 Å². The number of ketones is 1. The summed E-state index contributed by atoms with van der Waals surface area (Å²) in [5, 5.41) is 23.1. The number of amides is 2. The molecule has 3 N–H and O–H groups in total. The molecule has 1 aliphatic heterocycles. The van der Waals surface area contributed by atoms with E-state index in [9.17, 15) is 24.3 Å². The number of hydrogen-bond donors (Lipinski definition) is 3. The number of Topliss-reactive ketones (excluding diaryl/α,β-unsaturated/α-hetero) is 1. The third-order valence-electron chi connectivity index (χ3n) is 6.30. The van der Waals surface area contributed by atoms with Gasteiger partial charge < -0.3 is 15.5 Å². The molecule has 1 fully saturated rings. The van der Waals surface area contributed by atoms with Gasteiger partial charge >= 0.3 is 5.97 Å². The van der Waals surface area contributed by atoms with E-state index in [4.69, 9.17) is 28.3 Å². The maximum absolute atomic E-state index is 13.5. The second kappa shape index (κ2) is 11.8. The Morgan fingerprint density at radius 2 is 1.65 bits per heavy atom. The molecule has 1 unspecified atom stereocenters. The molecule has 0 spiro atoms. The summed E-state index contributed by atoms with van der Waals surface area (Å²) >= 11 is 12.4. The minimum absolute atomic E-state index is 0.152. The molecule has 10 heteroatoms. The first-order chi connectivity index (χ1) is 19.0. The van der Waals surface area contributed by atoms with Crippen molar-refractivity contribution in [2.45, 2.75) is 25.8 Å². The number of anilines is 2. The third kappa shape index (κ3) is 5.93. The molecule has 1 heterocycles. The van der Waals surface area contributed by atoms with Gasteiger partial charge in [-0.05, 0) is 53.4 Å². The fraction of sp³-hybridized carbons (Fsp3) is 0.133. The summed E-state index contributed by atoms with van der Waals surface area (Å²) in [6.45, 7) is 4.01. The quantitative estimate of drug-likeness (QED) is 0.171. The van der Waals surface area contributed by atoms with Crippen LogP contribution in [0.4, 0.5) is 11.4 Å². The smallest absolute Gasteiger partial charge is 0.328 e. The molecule has 0 saturated carbocycles. The van der Waals surface area contributed by atoms with Crippen LogP contribution in [-0.4, -0.2) is 33.8 Å². The van der Waals surface area contributed by atoms with E-state index in [1.807, 2.05) is 26.0 Å². The molecule has 1 aliphatic rings. The summed E-state index contributed by atoms with van der Waals surface area (Å²) in [5.74, 6) is -4.03. The van der Waals surface area contributed by atoms with Crippen LogP contribution in [0.2, 0.25) is 10.0 Å². The Labute approximate surface area is 240 Å². The van der Waals surface area contributed by atoms with Crippen LogP contribution in [0.15, 0.2) is 84.5 Å². The van der Waals surface area contributed by atoms with Crippen LogP contribution in [-0.2, 0) is 19.2 Å². The van der Waals surface area contributed by atoms with Crippen molar-refractivity contribution in [3.05, 3.63) is 111 Å². The highest BCUT2D eigenvalue weighted by molar-refractivity contribution is 6.52. The molecule has 0 radical (unpaired) electrons. The number of carboxylic acids is 1. The zero-order valence-corrected chi connectivity index (χ0v) is 22.9. The first-order valence-corrected chi connectivity index (χ1v) is 12.9. The Balaban J connectivity index is 1.86. The van der Waals surface area contributed by atoms with E-state index in [1.165, 1.54) is 29.2 Å². The lowest BCUT2D eigenvalue weighted by atomic mass is 9.94. The van der Waals surface area contributed by atoms with Crippen molar-refractivity contribution in [2.24, 2.45) is 0 Å². The van der Waals surface area contributed by atoms with Gasteiger partial charge in [0.2, 0.25) is 5.91 Å².